The average molecular weight is 312 g/mol. The van der Waals surface area contributed by atoms with Crippen LogP contribution in [0.3, 0.4) is 0 Å². The van der Waals surface area contributed by atoms with E-state index >= 15 is 0 Å². The van der Waals surface area contributed by atoms with Crippen LogP contribution in [-0.4, -0.2) is 33.5 Å². The van der Waals surface area contributed by atoms with Crippen LogP contribution in [0.25, 0.3) is 0 Å². The number of nitrogens with two attached hydrogens (primary N) is 1. The Morgan fingerprint density at radius 3 is 2.90 bits per heavy atom. The summed E-state index contributed by atoms with van der Waals surface area (Å²) in [6, 6.07) is 2.23. The number of anilines is 1. The zero-order valence-corrected chi connectivity index (χ0v) is 14.0. The van der Waals surface area contributed by atoms with Crippen molar-refractivity contribution in [3.63, 3.8) is 0 Å². The summed E-state index contributed by atoms with van der Waals surface area (Å²) in [5.74, 6) is 2.50. The van der Waals surface area contributed by atoms with Crippen molar-refractivity contribution in [2.24, 2.45) is 0 Å². The zero-order valence-electron chi connectivity index (χ0n) is 12.3. The van der Waals surface area contributed by atoms with Crippen molar-refractivity contribution in [2.45, 2.75) is 43.2 Å². The van der Waals surface area contributed by atoms with Gasteiger partial charge in [-0.2, -0.15) is 23.5 Å². The highest BCUT2D eigenvalue weighted by Crippen LogP contribution is 2.41. The number of pyridine rings is 1. The van der Waals surface area contributed by atoms with Crippen LogP contribution in [0.1, 0.15) is 38.3 Å². The SMILES string of the molecule is CCCNC(c1cnccc1N)C1SCCSC1CC. The van der Waals surface area contributed by atoms with Crippen LogP contribution in [0, 0.1) is 0 Å². The second-order valence-electron chi connectivity index (χ2n) is 5.09. The maximum atomic E-state index is 6.19. The third-order valence-corrected chi connectivity index (χ3v) is 7.01. The smallest absolute Gasteiger partial charge is 0.0487 e. The fourth-order valence-electron chi connectivity index (χ4n) is 2.63. The summed E-state index contributed by atoms with van der Waals surface area (Å²) in [5.41, 5.74) is 8.22. The normalized spacial score (nSPS) is 24.5. The number of nitrogens with zero attached hydrogens (tertiary/aromatic N) is 1. The van der Waals surface area contributed by atoms with Gasteiger partial charge in [-0.3, -0.25) is 4.98 Å². The van der Waals surface area contributed by atoms with Crippen LogP contribution >= 0.6 is 23.5 Å². The van der Waals surface area contributed by atoms with Crippen LogP contribution in [0.2, 0.25) is 0 Å². The minimum atomic E-state index is 0.311. The van der Waals surface area contributed by atoms with E-state index in [0.717, 1.165) is 18.7 Å². The van der Waals surface area contributed by atoms with Crippen molar-refractivity contribution < 1.29 is 0 Å². The van der Waals surface area contributed by atoms with Crippen LogP contribution in [0.5, 0.6) is 0 Å². The molecular weight excluding hydrogens is 286 g/mol. The molecule has 0 aliphatic carbocycles. The van der Waals surface area contributed by atoms with E-state index in [4.69, 9.17) is 5.73 Å². The molecule has 1 aliphatic heterocycles. The van der Waals surface area contributed by atoms with E-state index in [1.165, 1.54) is 23.5 Å². The van der Waals surface area contributed by atoms with E-state index in [9.17, 15) is 0 Å². The minimum Gasteiger partial charge on any atom is -0.398 e. The molecule has 3 unspecified atom stereocenters. The molecule has 2 heterocycles. The summed E-state index contributed by atoms with van der Waals surface area (Å²) < 4.78 is 0. The number of nitrogen functional groups attached to an aromatic ring is 1. The standard InChI is InChI=1S/C15H25N3S2/c1-3-6-18-14(11-10-17-7-5-12(11)16)15-13(4-2)19-8-9-20-15/h5,7,10,13-15,18H,3-4,6,8-9H2,1-2H3,(H2,16,17). The molecule has 1 aromatic heterocycles. The van der Waals surface area contributed by atoms with Crippen molar-refractivity contribution in [1.82, 2.24) is 10.3 Å². The van der Waals surface area contributed by atoms with Gasteiger partial charge in [-0.05, 0) is 25.5 Å². The van der Waals surface area contributed by atoms with E-state index in [1.54, 1.807) is 6.20 Å². The highest BCUT2D eigenvalue weighted by molar-refractivity contribution is 8.07. The topological polar surface area (TPSA) is 50.9 Å². The van der Waals surface area contributed by atoms with Gasteiger partial charge in [-0.15, -0.1) is 0 Å². The Labute approximate surface area is 130 Å². The summed E-state index contributed by atoms with van der Waals surface area (Å²) in [6.45, 7) is 5.52. The summed E-state index contributed by atoms with van der Waals surface area (Å²) in [5, 5.41) is 4.98. The fourth-order valence-corrected chi connectivity index (χ4v) is 5.87. The molecule has 1 aliphatic rings. The predicted octanol–water partition coefficient (Wildman–Crippen LogP) is 3.33. The second kappa shape index (κ2) is 8.15. The third kappa shape index (κ3) is 3.83. The van der Waals surface area contributed by atoms with Gasteiger partial charge >= 0.3 is 0 Å². The maximum Gasteiger partial charge on any atom is 0.0487 e. The van der Waals surface area contributed by atoms with E-state index in [2.05, 4.69) is 47.7 Å². The van der Waals surface area contributed by atoms with E-state index in [1.807, 2.05) is 12.3 Å². The van der Waals surface area contributed by atoms with Crippen molar-refractivity contribution in [2.75, 3.05) is 23.8 Å². The molecule has 0 amide bonds. The second-order valence-corrected chi connectivity index (χ2v) is 7.72. The third-order valence-electron chi connectivity index (χ3n) is 3.66. The summed E-state index contributed by atoms with van der Waals surface area (Å²) >= 11 is 4.20. The number of aromatic nitrogens is 1. The van der Waals surface area contributed by atoms with Crippen LogP contribution < -0.4 is 11.1 Å². The van der Waals surface area contributed by atoms with E-state index < -0.39 is 0 Å². The first-order valence-electron chi connectivity index (χ1n) is 7.43. The largest absolute Gasteiger partial charge is 0.398 e. The molecule has 112 valence electrons. The molecule has 2 rings (SSSR count). The van der Waals surface area contributed by atoms with Crippen LogP contribution in [0.4, 0.5) is 5.69 Å². The number of hydrogen-bond acceptors (Lipinski definition) is 5. The van der Waals surface area contributed by atoms with Gasteiger partial charge in [-0.25, -0.2) is 0 Å². The number of nitrogens with one attached hydrogen (secondary N) is 1. The molecule has 3 atom stereocenters. The molecule has 1 aromatic rings. The van der Waals surface area contributed by atoms with Crippen molar-refractivity contribution in [1.29, 1.82) is 0 Å². The molecule has 3 N–H and O–H groups in total. The fraction of sp³-hybridized carbons (Fsp3) is 0.667. The quantitative estimate of drug-likeness (QED) is 0.844. The molecule has 0 bridgehead atoms. The Morgan fingerprint density at radius 1 is 1.40 bits per heavy atom. The molecular formula is C15H25N3S2. The lowest BCUT2D eigenvalue weighted by atomic mass is 10.00. The van der Waals surface area contributed by atoms with Gasteiger partial charge in [0.05, 0.1) is 0 Å². The Kier molecular flexibility index (Phi) is 6.52. The predicted molar refractivity (Wildman–Crippen MR) is 92.5 cm³/mol. The Bertz CT molecular complexity index is 414. The van der Waals surface area contributed by atoms with Gasteiger partial charge < -0.3 is 11.1 Å². The average Bonchev–Trinajstić information content (AvgIpc) is 2.49. The molecule has 1 saturated heterocycles. The molecule has 1 fully saturated rings. The van der Waals surface area contributed by atoms with Gasteiger partial charge in [-0.1, -0.05) is 13.8 Å². The molecule has 20 heavy (non-hydrogen) atoms. The van der Waals surface area contributed by atoms with Gasteiger partial charge in [0.25, 0.3) is 0 Å². The van der Waals surface area contributed by atoms with Gasteiger partial charge in [0.1, 0.15) is 0 Å². The Balaban J connectivity index is 2.24. The first-order chi connectivity index (χ1) is 9.77. The zero-order chi connectivity index (χ0) is 14.4. The molecule has 0 spiro atoms. The highest BCUT2D eigenvalue weighted by Gasteiger charge is 2.33. The molecule has 0 radical (unpaired) electrons. The summed E-state index contributed by atoms with van der Waals surface area (Å²) in [4.78, 5) is 4.28. The van der Waals surface area contributed by atoms with E-state index in [-0.39, 0.29) is 0 Å². The van der Waals surface area contributed by atoms with Crippen molar-refractivity contribution >= 4 is 29.2 Å². The Morgan fingerprint density at radius 2 is 2.20 bits per heavy atom. The first kappa shape index (κ1) is 16.0. The first-order valence-corrected chi connectivity index (χ1v) is 9.53. The Hall–Kier alpha value is -0.390. The lowest BCUT2D eigenvalue weighted by molar-refractivity contribution is 0.498. The van der Waals surface area contributed by atoms with Gasteiger partial charge in [0.2, 0.25) is 0 Å². The molecule has 0 saturated carbocycles. The molecule has 0 aromatic carbocycles. The van der Waals surface area contributed by atoms with Crippen LogP contribution in [0.15, 0.2) is 18.5 Å². The lowest BCUT2D eigenvalue weighted by Crippen LogP contribution is -2.39. The lowest BCUT2D eigenvalue weighted by Gasteiger charge is -2.37. The highest BCUT2D eigenvalue weighted by atomic mass is 32.2. The van der Waals surface area contributed by atoms with Crippen molar-refractivity contribution in [3.05, 3.63) is 24.0 Å². The monoisotopic (exact) mass is 311 g/mol. The summed E-state index contributed by atoms with van der Waals surface area (Å²) in [7, 11) is 0. The molecule has 5 heteroatoms. The number of rotatable bonds is 6. The van der Waals surface area contributed by atoms with Crippen LogP contribution in [-0.2, 0) is 0 Å². The van der Waals surface area contributed by atoms with E-state index in [0.29, 0.717) is 16.5 Å². The summed E-state index contributed by atoms with van der Waals surface area (Å²) in [6.07, 6.45) is 6.07. The number of hydrogen-bond donors (Lipinski definition) is 2. The van der Waals surface area contributed by atoms with Crippen molar-refractivity contribution in [3.8, 4) is 0 Å². The maximum absolute atomic E-state index is 6.19. The minimum absolute atomic E-state index is 0.311. The van der Waals surface area contributed by atoms with Gasteiger partial charge in [0.15, 0.2) is 0 Å². The molecule has 3 nitrogen and oxygen atoms in total. The number of thioether (sulfide) groups is 2. The van der Waals surface area contributed by atoms with Gasteiger partial charge in [0, 0.05) is 51.7 Å².